The van der Waals surface area contributed by atoms with Crippen molar-refractivity contribution in [2.45, 2.75) is 26.0 Å². The number of benzene rings is 2. The summed E-state index contributed by atoms with van der Waals surface area (Å²) in [4.78, 5) is 0. The van der Waals surface area contributed by atoms with Crippen LogP contribution in [0, 0.1) is 12.7 Å². The fourth-order valence-corrected chi connectivity index (χ4v) is 2.17. The Bertz CT molecular complexity index is 542. The zero-order chi connectivity index (χ0) is 14.4. The predicted molar refractivity (Wildman–Crippen MR) is 79.0 cm³/mol. The van der Waals surface area contributed by atoms with Crippen molar-refractivity contribution in [1.82, 2.24) is 5.32 Å². The van der Waals surface area contributed by atoms with Crippen LogP contribution in [0.25, 0.3) is 0 Å². The Hall–Kier alpha value is -1.71. The minimum Gasteiger partial charge on any atom is -0.391 e. The van der Waals surface area contributed by atoms with Crippen molar-refractivity contribution in [2.75, 3.05) is 6.54 Å². The third-order valence-electron chi connectivity index (χ3n) is 3.21. The van der Waals surface area contributed by atoms with Crippen molar-refractivity contribution in [3.05, 3.63) is 71.0 Å². The van der Waals surface area contributed by atoms with Gasteiger partial charge in [0.1, 0.15) is 5.82 Å². The highest BCUT2D eigenvalue weighted by Gasteiger charge is 2.06. The average Bonchev–Trinajstić information content (AvgIpc) is 2.44. The van der Waals surface area contributed by atoms with E-state index in [2.05, 4.69) is 5.32 Å². The lowest BCUT2D eigenvalue weighted by molar-refractivity contribution is 0.171. The first-order chi connectivity index (χ1) is 9.65. The molecule has 0 heterocycles. The highest BCUT2D eigenvalue weighted by atomic mass is 19.1. The first-order valence-corrected chi connectivity index (χ1v) is 6.83. The summed E-state index contributed by atoms with van der Waals surface area (Å²) in [6.45, 7) is 2.81. The number of hydrogen-bond acceptors (Lipinski definition) is 2. The zero-order valence-corrected chi connectivity index (χ0v) is 11.6. The highest BCUT2D eigenvalue weighted by molar-refractivity contribution is 5.24. The first-order valence-electron chi connectivity index (χ1n) is 6.83. The molecule has 0 bridgehead atoms. The molecule has 0 saturated heterocycles. The van der Waals surface area contributed by atoms with Crippen LogP contribution in [0.5, 0.6) is 0 Å². The van der Waals surface area contributed by atoms with Crippen LogP contribution in [0.2, 0.25) is 0 Å². The molecule has 20 heavy (non-hydrogen) atoms. The second-order valence-electron chi connectivity index (χ2n) is 5.07. The smallest absolute Gasteiger partial charge is 0.127 e. The van der Waals surface area contributed by atoms with Crippen LogP contribution >= 0.6 is 0 Å². The minimum atomic E-state index is -0.467. The second kappa shape index (κ2) is 7.17. The summed E-state index contributed by atoms with van der Waals surface area (Å²) in [5.74, 6) is -0.208. The van der Waals surface area contributed by atoms with Gasteiger partial charge in [0.25, 0.3) is 0 Å². The van der Waals surface area contributed by atoms with Gasteiger partial charge in [-0.1, -0.05) is 48.0 Å². The minimum absolute atomic E-state index is 0.208. The largest absolute Gasteiger partial charge is 0.391 e. The van der Waals surface area contributed by atoms with Gasteiger partial charge in [0.05, 0.1) is 6.10 Å². The van der Waals surface area contributed by atoms with Crippen LogP contribution in [-0.4, -0.2) is 17.8 Å². The summed E-state index contributed by atoms with van der Waals surface area (Å²) in [6, 6.07) is 14.9. The van der Waals surface area contributed by atoms with Crippen molar-refractivity contribution in [3.8, 4) is 0 Å². The van der Waals surface area contributed by atoms with E-state index >= 15 is 0 Å². The topological polar surface area (TPSA) is 32.3 Å². The molecule has 3 heteroatoms. The van der Waals surface area contributed by atoms with Crippen LogP contribution < -0.4 is 5.32 Å². The molecule has 0 aliphatic carbocycles. The van der Waals surface area contributed by atoms with E-state index in [4.69, 9.17) is 0 Å². The van der Waals surface area contributed by atoms with E-state index in [1.807, 2.05) is 43.3 Å². The van der Waals surface area contributed by atoms with Crippen molar-refractivity contribution in [1.29, 1.82) is 0 Å². The number of aliphatic hydroxyl groups excluding tert-OH is 1. The summed E-state index contributed by atoms with van der Waals surface area (Å²) in [7, 11) is 0. The number of rotatable bonds is 6. The van der Waals surface area contributed by atoms with Gasteiger partial charge in [-0.25, -0.2) is 4.39 Å². The molecule has 2 aromatic rings. The molecule has 1 atom stereocenters. The summed E-state index contributed by atoms with van der Waals surface area (Å²) >= 11 is 0. The number of aryl methyl sites for hydroxylation is 1. The molecule has 2 rings (SSSR count). The molecule has 0 aliphatic heterocycles. The quantitative estimate of drug-likeness (QED) is 0.848. The van der Waals surface area contributed by atoms with Crippen molar-refractivity contribution >= 4 is 0 Å². The third kappa shape index (κ3) is 4.44. The van der Waals surface area contributed by atoms with E-state index in [9.17, 15) is 9.50 Å². The summed E-state index contributed by atoms with van der Waals surface area (Å²) in [5.41, 5.74) is 2.77. The average molecular weight is 273 g/mol. The Labute approximate surface area is 119 Å². The molecule has 0 fully saturated rings. The highest BCUT2D eigenvalue weighted by Crippen LogP contribution is 2.09. The maximum atomic E-state index is 13.5. The zero-order valence-electron chi connectivity index (χ0n) is 11.6. The number of hydrogen-bond donors (Lipinski definition) is 2. The summed E-state index contributed by atoms with van der Waals surface area (Å²) < 4.78 is 13.5. The Morgan fingerprint density at radius 1 is 1.15 bits per heavy atom. The molecule has 0 spiro atoms. The fourth-order valence-electron chi connectivity index (χ4n) is 2.17. The summed E-state index contributed by atoms with van der Waals surface area (Å²) in [5, 5.41) is 13.0. The van der Waals surface area contributed by atoms with E-state index in [0.717, 1.165) is 11.1 Å². The summed E-state index contributed by atoms with van der Waals surface area (Å²) in [6.07, 6.45) is 0.134. The molecule has 1 unspecified atom stereocenters. The molecule has 0 radical (unpaired) electrons. The van der Waals surface area contributed by atoms with Gasteiger partial charge >= 0.3 is 0 Å². The van der Waals surface area contributed by atoms with Gasteiger partial charge in [0.15, 0.2) is 0 Å². The molecule has 2 N–H and O–H groups in total. The lowest BCUT2D eigenvalue weighted by Crippen LogP contribution is -2.28. The van der Waals surface area contributed by atoms with Gasteiger partial charge in [-0.05, 0) is 25.0 Å². The number of halogens is 1. The van der Waals surface area contributed by atoms with Crippen LogP contribution in [0.4, 0.5) is 4.39 Å². The van der Waals surface area contributed by atoms with Gasteiger partial charge in [-0.2, -0.15) is 0 Å². The van der Waals surface area contributed by atoms with Crippen molar-refractivity contribution < 1.29 is 9.50 Å². The van der Waals surface area contributed by atoms with Gasteiger partial charge in [-0.15, -0.1) is 0 Å². The van der Waals surface area contributed by atoms with E-state index < -0.39 is 6.10 Å². The van der Waals surface area contributed by atoms with E-state index in [-0.39, 0.29) is 5.82 Å². The lowest BCUT2D eigenvalue weighted by atomic mass is 10.1. The maximum Gasteiger partial charge on any atom is 0.127 e. The Balaban J connectivity index is 1.79. The van der Waals surface area contributed by atoms with Crippen LogP contribution in [-0.2, 0) is 13.0 Å². The molecule has 0 aliphatic rings. The van der Waals surface area contributed by atoms with Crippen molar-refractivity contribution in [2.24, 2.45) is 0 Å². The molecular formula is C17H20FNO. The fraction of sp³-hybridized carbons (Fsp3) is 0.294. The molecule has 2 aromatic carbocycles. The molecule has 0 amide bonds. The van der Waals surface area contributed by atoms with Gasteiger partial charge < -0.3 is 10.4 Å². The van der Waals surface area contributed by atoms with Crippen LogP contribution in [0.3, 0.4) is 0 Å². The molecule has 106 valence electrons. The number of aliphatic hydroxyl groups is 1. The predicted octanol–water partition coefficient (Wildman–Crippen LogP) is 2.83. The third-order valence-corrected chi connectivity index (χ3v) is 3.21. The molecular weight excluding hydrogens is 253 g/mol. The Morgan fingerprint density at radius 2 is 1.90 bits per heavy atom. The van der Waals surface area contributed by atoms with Gasteiger partial charge in [-0.3, -0.25) is 0 Å². The first kappa shape index (κ1) is 14.7. The van der Waals surface area contributed by atoms with Crippen molar-refractivity contribution in [3.63, 3.8) is 0 Å². The standard InChI is InChI=1S/C17H20FNO/c1-13-7-8-17(18)15(9-13)11-19-12-16(20)10-14-5-3-2-4-6-14/h2-9,16,19-20H,10-12H2,1H3. The SMILES string of the molecule is Cc1ccc(F)c(CNCC(O)Cc2ccccc2)c1. The van der Waals surface area contributed by atoms with E-state index in [1.54, 1.807) is 6.07 Å². The molecule has 0 aromatic heterocycles. The maximum absolute atomic E-state index is 13.5. The molecule has 0 saturated carbocycles. The second-order valence-corrected chi connectivity index (χ2v) is 5.07. The molecule has 2 nitrogen and oxygen atoms in total. The Kier molecular flexibility index (Phi) is 5.27. The van der Waals surface area contributed by atoms with Crippen LogP contribution in [0.15, 0.2) is 48.5 Å². The Morgan fingerprint density at radius 3 is 2.65 bits per heavy atom. The van der Waals surface area contributed by atoms with E-state index in [0.29, 0.717) is 25.1 Å². The number of nitrogens with one attached hydrogen (secondary N) is 1. The van der Waals surface area contributed by atoms with Gasteiger partial charge in [0.2, 0.25) is 0 Å². The van der Waals surface area contributed by atoms with E-state index in [1.165, 1.54) is 6.07 Å². The normalized spacial score (nSPS) is 12.3. The monoisotopic (exact) mass is 273 g/mol. The van der Waals surface area contributed by atoms with Gasteiger partial charge in [0, 0.05) is 18.7 Å². The van der Waals surface area contributed by atoms with Crippen LogP contribution in [0.1, 0.15) is 16.7 Å². The lowest BCUT2D eigenvalue weighted by Gasteiger charge is -2.12.